The van der Waals surface area contributed by atoms with Crippen LogP contribution in [0.5, 0.6) is 5.75 Å². The maximum atomic E-state index is 11.8. The Labute approximate surface area is 117 Å². The van der Waals surface area contributed by atoms with Crippen LogP contribution in [0.3, 0.4) is 0 Å². The zero-order valence-electron chi connectivity index (χ0n) is 9.58. The molecule has 0 radical (unpaired) electrons. The normalized spacial score (nSPS) is 9.95. The van der Waals surface area contributed by atoms with E-state index in [9.17, 15) is 14.9 Å². The van der Waals surface area contributed by atoms with Crippen molar-refractivity contribution < 1.29 is 14.5 Å². The molecule has 0 aliphatic rings. The Kier molecular flexibility index (Phi) is 3.91. The Morgan fingerprint density at radius 1 is 1.05 bits per heavy atom. The van der Waals surface area contributed by atoms with Crippen molar-refractivity contribution in [2.45, 2.75) is 0 Å². The summed E-state index contributed by atoms with van der Waals surface area (Å²) < 4.78 is 5.96. The summed E-state index contributed by atoms with van der Waals surface area (Å²) in [7, 11) is 0. The second-order valence-corrected chi connectivity index (χ2v) is 4.56. The van der Waals surface area contributed by atoms with Crippen molar-refractivity contribution in [2.75, 3.05) is 0 Å². The van der Waals surface area contributed by atoms with Gasteiger partial charge in [0.1, 0.15) is 5.75 Å². The highest BCUT2D eigenvalue weighted by atomic mass is 79.9. The molecule has 0 unspecified atom stereocenters. The summed E-state index contributed by atoms with van der Waals surface area (Å²) in [6.45, 7) is 0. The van der Waals surface area contributed by atoms with Gasteiger partial charge in [0.2, 0.25) is 0 Å². The first kappa shape index (κ1) is 13.2. The second kappa shape index (κ2) is 5.62. The molecule has 6 heteroatoms. The van der Waals surface area contributed by atoms with Gasteiger partial charge in [0.05, 0.1) is 10.5 Å². The number of nitro groups is 1. The zero-order chi connectivity index (χ0) is 13.8. The highest BCUT2D eigenvalue weighted by Gasteiger charge is 2.10. The maximum absolute atomic E-state index is 11.8. The molecule has 0 aliphatic carbocycles. The second-order valence-electron chi connectivity index (χ2n) is 3.65. The van der Waals surface area contributed by atoms with Crippen molar-refractivity contribution in [3.63, 3.8) is 0 Å². The van der Waals surface area contributed by atoms with E-state index in [1.807, 2.05) is 0 Å². The molecule has 5 nitrogen and oxygen atoms in total. The lowest BCUT2D eigenvalue weighted by Crippen LogP contribution is -2.08. The lowest BCUT2D eigenvalue weighted by molar-refractivity contribution is -0.384. The number of carbonyl (C=O) groups excluding carboxylic acids is 1. The molecular weight excluding hydrogens is 314 g/mol. The number of rotatable bonds is 3. The van der Waals surface area contributed by atoms with Crippen LogP contribution < -0.4 is 4.74 Å². The molecule has 2 aromatic rings. The molecule has 0 fully saturated rings. The third-order valence-electron chi connectivity index (χ3n) is 2.34. The number of hydrogen-bond donors (Lipinski definition) is 0. The number of benzene rings is 2. The van der Waals surface area contributed by atoms with E-state index in [2.05, 4.69) is 15.9 Å². The topological polar surface area (TPSA) is 69.4 Å². The quantitative estimate of drug-likeness (QED) is 0.375. The lowest BCUT2D eigenvalue weighted by atomic mass is 10.2. The van der Waals surface area contributed by atoms with Gasteiger partial charge in [-0.05, 0) is 36.4 Å². The molecule has 0 aliphatic heterocycles. The predicted octanol–water partition coefficient (Wildman–Crippen LogP) is 3.58. The SMILES string of the molecule is O=C(Oc1ccc([N+](=O)[O-])cc1)c1ccc(Br)cc1. The molecule has 0 heterocycles. The first-order valence-electron chi connectivity index (χ1n) is 5.28. The van der Waals surface area contributed by atoms with E-state index in [0.29, 0.717) is 5.56 Å². The smallest absolute Gasteiger partial charge is 0.343 e. The Hall–Kier alpha value is -2.21. The number of non-ortho nitro benzene ring substituents is 1. The molecule has 0 amide bonds. The third kappa shape index (κ3) is 3.38. The molecule has 0 atom stereocenters. The van der Waals surface area contributed by atoms with Gasteiger partial charge in [0.25, 0.3) is 5.69 Å². The lowest BCUT2D eigenvalue weighted by Gasteiger charge is -2.04. The van der Waals surface area contributed by atoms with E-state index in [4.69, 9.17) is 4.74 Å². The largest absolute Gasteiger partial charge is 0.423 e. The van der Waals surface area contributed by atoms with Crippen LogP contribution in [0, 0.1) is 10.1 Å². The van der Waals surface area contributed by atoms with Gasteiger partial charge in [-0.15, -0.1) is 0 Å². The molecule has 2 aromatic carbocycles. The van der Waals surface area contributed by atoms with Crippen molar-refractivity contribution in [3.8, 4) is 5.75 Å². The van der Waals surface area contributed by atoms with Crippen molar-refractivity contribution in [1.29, 1.82) is 0 Å². The van der Waals surface area contributed by atoms with Crippen LogP contribution >= 0.6 is 15.9 Å². The minimum absolute atomic E-state index is 0.0524. The fourth-order valence-electron chi connectivity index (χ4n) is 1.39. The summed E-state index contributed by atoms with van der Waals surface area (Å²) in [6.07, 6.45) is 0. The Bertz CT molecular complexity index is 608. The first-order valence-corrected chi connectivity index (χ1v) is 6.08. The average molecular weight is 322 g/mol. The van der Waals surface area contributed by atoms with Crippen LogP contribution in [-0.4, -0.2) is 10.9 Å². The maximum Gasteiger partial charge on any atom is 0.343 e. The molecule has 0 aromatic heterocycles. The van der Waals surface area contributed by atoms with Crippen LogP contribution in [0.1, 0.15) is 10.4 Å². The Morgan fingerprint density at radius 3 is 2.16 bits per heavy atom. The molecule has 0 saturated carbocycles. The van der Waals surface area contributed by atoms with E-state index in [1.54, 1.807) is 24.3 Å². The number of esters is 1. The summed E-state index contributed by atoms with van der Waals surface area (Å²) >= 11 is 3.27. The van der Waals surface area contributed by atoms with Crippen LogP contribution in [0.25, 0.3) is 0 Å². The van der Waals surface area contributed by atoms with Crippen LogP contribution in [0.4, 0.5) is 5.69 Å². The molecule has 2 rings (SSSR count). The van der Waals surface area contributed by atoms with Crippen LogP contribution in [0.2, 0.25) is 0 Å². The Morgan fingerprint density at radius 2 is 1.63 bits per heavy atom. The summed E-state index contributed by atoms with van der Waals surface area (Å²) in [5.74, 6) is -0.250. The van der Waals surface area contributed by atoms with Gasteiger partial charge in [-0.3, -0.25) is 10.1 Å². The fourth-order valence-corrected chi connectivity index (χ4v) is 1.65. The van der Waals surface area contributed by atoms with Gasteiger partial charge in [0, 0.05) is 16.6 Å². The van der Waals surface area contributed by atoms with Crippen LogP contribution in [-0.2, 0) is 0 Å². The monoisotopic (exact) mass is 321 g/mol. The molecule has 0 saturated heterocycles. The summed E-state index contributed by atoms with van der Waals surface area (Å²) in [6, 6.07) is 12.0. The van der Waals surface area contributed by atoms with Gasteiger partial charge >= 0.3 is 5.97 Å². The third-order valence-corrected chi connectivity index (χ3v) is 2.87. The van der Waals surface area contributed by atoms with Gasteiger partial charge in [-0.1, -0.05) is 15.9 Å². The highest BCUT2D eigenvalue weighted by molar-refractivity contribution is 9.10. The van der Waals surface area contributed by atoms with Crippen LogP contribution in [0.15, 0.2) is 53.0 Å². The summed E-state index contributed by atoms with van der Waals surface area (Å²) in [5, 5.41) is 10.5. The van der Waals surface area contributed by atoms with E-state index in [-0.39, 0.29) is 11.4 Å². The standard InChI is InChI=1S/C13H8BrNO4/c14-10-3-1-9(2-4-10)13(16)19-12-7-5-11(6-8-12)15(17)18/h1-8H. The Balaban J connectivity index is 2.10. The van der Waals surface area contributed by atoms with Gasteiger partial charge in [-0.25, -0.2) is 4.79 Å². The van der Waals surface area contributed by atoms with Gasteiger partial charge in [0.15, 0.2) is 0 Å². The van der Waals surface area contributed by atoms with E-state index < -0.39 is 10.9 Å². The fraction of sp³-hybridized carbons (Fsp3) is 0. The molecule has 0 bridgehead atoms. The van der Waals surface area contributed by atoms with Crippen molar-refractivity contribution >= 4 is 27.6 Å². The zero-order valence-corrected chi connectivity index (χ0v) is 11.2. The molecule has 0 spiro atoms. The van der Waals surface area contributed by atoms with E-state index in [0.717, 1.165) is 4.47 Å². The number of ether oxygens (including phenoxy) is 1. The molecule has 19 heavy (non-hydrogen) atoms. The highest BCUT2D eigenvalue weighted by Crippen LogP contribution is 2.19. The van der Waals surface area contributed by atoms with Gasteiger partial charge in [-0.2, -0.15) is 0 Å². The number of nitrogens with zero attached hydrogens (tertiary/aromatic N) is 1. The minimum atomic E-state index is -0.514. The van der Waals surface area contributed by atoms with Crippen molar-refractivity contribution in [1.82, 2.24) is 0 Å². The van der Waals surface area contributed by atoms with Crippen molar-refractivity contribution in [3.05, 3.63) is 68.7 Å². The van der Waals surface area contributed by atoms with Gasteiger partial charge < -0.3 is 4.74 Å². The minimum Gasteiger partial charge on any atom is -0.423 e. The molecular formula is C13H8BrNO4. The number of carbonyl (C=O) groups is 1. The first-order chi connectivity index (χ1) is 9.06. The van der Waals surface area contributed by atoms with Crippen molar-refractivity contribution in [2.24, 2.45) is 0 Å². The van der Waals surface area contributed by atoms with E-state index in [1.165, 1.54) is 24.3 Å². The average Bonchev–Trinajstić information content (AvgIpc) is 2.40. The molecule has 96 valence electrons. The number of hydrogen-bond acceptors (Lipinski definition) is 4. The summed E-state index contributed by atoms with van der Waals surface area (Å²) in [5.41, 5.74) is 0.352. The number of nitro benzene ring substituents is 1. The molecule has 0 N–H and O–H groups in total. The summed E-state index contributed by atoms with van der Waals surface area (Å²) in [4.78, 5) is 21.7. The van der Waals surface area contributed by atoms with E-state index >= 15 is 0 Å². The number of halogens is 1. The predicted molar refractivity (Wildman–Crippen MR) is 72.2 cm³/mol.